The molecule has 1 aliphatic heterocycles. The number of aryl methyl sites for hydroxylation is 1. The second kappa shape index (κ2) is 6.06. The van der Waals surface area contributed by atoms with E-state index in [1.54, 1.807) is 0 Å². The fourth-order valence-electron chi connectivity index (χ4n) is 3.16. The molecule has 3 rings (SSSR count). The Bertz CT molecular complexity index is 580. The van der Waals surface area contributed by atoms with Crippen LogP contribution in [0.4, 0.5) is 0 Å². The lowest BCUT2D eigenvalue weighted by atomic mass is 9.77. The molecule has 1 N–H and O–H groups in total. The summed E-state index contributed by atoms with van der Waals surface area (Å²) in [5.41, 5.74) is 4.17. The molecule has 1 fully saturated rings. The first-order chi connectivity index (χ1) is 9.75. The molecule has 2 unspecified atom stereocenters. The van der Waals surface area contributed by atoms with Gasteiger partial charge in [0.05, 0.1) is 0 Å². The number of pyridine rings is 1. The quantitative estimate of drug-likeness (QED) is 0.899. The van der Waals surface area contributed by atoms with Gasteiger partial charge in [0, 0.05) is 29.3 Å². The molecule has 2 atom stereocenters. The molecule has 0 bridgehead atoms. The predicted octanol–water partition coefficient (Wildman–Crippen LogP) is 4.01. The molecule has 2 aromatic rings. The number of nitrogens with one attached hydrogen (secondary N) is 1. The van der Waals surface area contributed by atoms with Crippen LogP contribution in [0.25, 0.3) is 0 Å². The molecule has 0 radical (unpaired) electrons. The third-order valence-corrected chi connectivity index (χ3v) is 4.79. The van der Waals surface area contributed by atoms with Crippen molar-refractivity contribution >= 4 is 15.9 Å². The van der Waals surface area contributed by atoms with Gasteiger partial charge in [-0.05, 0) is 60.7 Å². The molecule has 2 heterocycles. The number of hydrogen-bond acceptors (Lipinski definition) is 2. The van der Waals surface area contributed by atoms with Crippen LogP contribution in [-0.2, 0) is 0 Å². The Hall–Kier alpha value is -1.19. The second-order valence-corrected chi connectivity index (χ2v) is 6.41. The topological polar surface area (TPSA) is 24.9 Å². The molecular formula is C17H19BrN2. The molecule has 0 spiro atoms. The van der Waals surface area contributed by atoms with Crippen molar-refractivity contribution in [2.45, 2.75) is 25.2 Å². The van der Waals surface area contributed by atoms with E-state index in [0.717, 1.165) is 17.6 Å². The van der Waals surface area contributed by atoms with Gasteiger partial charge in [-0.2, -0.15) is 0 Å². The lowest BCUT2D eigenvalue weighted by Gasteiger charge is -2.33. The molecule has 1 aromatic heterocycles. The number of piperidine rings is 1. The van der Waals surface area contributed by atoms with Crippen LogP contribution in [0.5, 0.6) is 0 Å². The number of benzene rings is 1. The smallest absolute Gasteiger partial charge is 0.0305 e. The van der Waals surface area contributed by atoms with Crippen LogP contribution in [0.15, 0.2) is 47.2 Å². The van der Waals surface area contributed by atoms with Gasteiger partial charge in [0.1, 0.15) is 0 Å². The van der Waals surface area contributed by atoms with Gasteiger partial charge < -0.3 is 5.32 Å². The summed E-state index contributed by atoms with van der Waals surface area (Å²) in [6, 6.07) is 10.9. The summed E-state index contributed by atoms with van der Waals surface area (Å²) in [4.78, 5) is 4.34. The van der Waals surface area contributed by atoms with E-state index in [1.807, 2.05) is 6.20 Å². The highest BCUT2D eigenvalue weighted by molar-refractivity contribution is 9.10. The van der Waals surface area contributed by atoms with Crippen LogP contribution in [-0.4, -0.2) is 18.1 Å². The number of rotatable bonds is 2. The standard InChI is InChI=1S/C17H19BrN2/c1-12-6-8-19-10-16(12)15-7-9-20-11-17(15)13-2-4-14(18)5-3-13/h2-6,8,10,15,17,20H,7,9,11H2,1H3. The fraction of sp³-hybridized carbons (Fsp3) is 0.353. The van der Waals surface area contributed by atoms with Crippen molar-refractivity contribution in [3.8, 4) is 0 Å². The van der Waals surface area contributed by atoms with Gasteiger partial charge in [-0.15, -0.1) is 0 Å². The van der Waals surface area contributed by atoms with Gasteiger partial charge in [-0.25, -0.2) is 0 Å². The van der Waals surface area contributed by atoms with E-state index in [4.69, 9.17) is 0 Å². The van der Waals surface area contributed by atoms with Crippen LogP contribution in [0.3, 0.4) is 0 Å². The van der Waals surface area contributed by atoms with Gasteiger partial charge in [-0.3, -0.25) is 4.98 Å². The zero-order valence-corrected chi connectivity index (χ0v) is 13.2. The first-order valence-electron chi connectivity index (χ1n) is 7.12. The van der Waals surface area contributed by atoms with Gasteiger partial charge >= 0.3 is 0 Å². The summed E-state index contributed by atoms with van der Waals surface area (Å²) in [7, 11) is 0. The monoisotopic (exact) mass is 330 g/mol. The zero-order valence-electron chi connectivity index (χ0n) is 11.6. The lowest BCUT2D eigenvalue weighted by Crippen LogP contribution is -2.34. The highest BCUT2D eigenvalue weighted by Crippen LogP contribution is 2.38. The molecule has 104 valence electrons. The van der Waals surface area contributed by atoms with E-state index in [2.05, 4.69) is 69.7 Å². The highest BCUT2D eigenvalue weighted by atomic mass is 79.9. The highest BCUT2D eigenvalue weighted by Gasteiger charge is 2.28. The summed E-state index contributed by atoms with van der Waals surface area (Å²) in [6.45, 7) is 4.32. The van der Waals surface area contributed by atoms with E-state index >= 15 is 0 Å². The minimum Gasteiger partial charge on any atom is -0.316 e. The first-order valence-corrected chi connectivity index (χ1v) is 7.91. The SMILES string of the molecule is Cc1ccncc1C1CCNCC1c1ccc(Br)cc1. The minimum atomic E-state index is 0.528. The summed E-state index contributed by atoms with van der Waals surface area (Å²) in [6.07, 6.45) is 5.11. The molecule has 0 aliphatic carbocycles. The van der Waals surface area contributed by atoms with Crippen LogP contribution < -0.4 is 5.32 Å². The van der Waals surface area contributed by atoms with Crippen LogP contribution in [0, 0.1) is 6.92 Å². The molecule has 20 heavy (non-hydrogen) atoms. The Labute approximate surface area is 128 Å². The Morgan fingerprint density at radius 3 is 2.70 bits per heavy atom. The maximum absolute atomic E-state index is 4.34. The molecule has 0 saturated carbocycles. The van der Waals surface area contributed by atoms with Crippen molar-refractivity contribution in [2.75, 3.05) is 13.1 Å². The van der Waals surface area contributed by atoms with Gasteiger partial charge in [0.25, 0.3) is 0 Å². The van der Waals surface area contributed by atoms with Gasteiger partial charge in [0.15, 0.2) is 0 Å². The first kappa shape index (κ1) is 13.8. The maximum atomic E-state index is 4.34. The summed E-state index contributed by atoms with van der Waals surface area (Å²) in [5, 5.41) is 3.54. The average molecular weight is 331 g/mol. The van der Waals surface area contributed by atoms with Crippen LogP contribution >= 0.6 is 15.9 Å². The van der Waals surface area contributed by atoms with Crippen molar-refractivity contribution in [3.05, 3.63) is 63.9 Å². The third-order valence-electron chi connectivity index (χ3n) is 4.26. The summed E-state index contributed by atoms with van der Waals surface area (Å²) < 4.78 is 1.14. The van der Waals surface area contributed by atoms with Crippen molar-refractivity contribution in [1.82, 2.24) is 10.3 Å². The van der Waals surface area contributed by atoms with Crippen LogP contribution in [0.1, 0.15) is 34.9 Å². The lowest BCUT2D eigenvalue weighted by molar-refractivity contribution is 0.402. The van der Waals surface area contributed by atoms with Crippen molar-refractivity contribution in [2.24, 2.45) is 0 Å². The molecule has 0 amide bonds. The van der Waals surface area contributed by atoms with Crippen molar-refractivity contribution in [3.63, 3.8) is 0 Å². The molecule has 1 aliphatic rings. The van der Waals surface area contributed by atoms with E-state index < -0.39 is 0 Å². The van der Waals surface area contributed by atoms with E-state index in [-0.39, 0.29) is 0 Å². The maximum Gasteiger partial charge on any atom is 0.0305 e. The Morgan fingerprint density at radius 1 is 1.15 bits per heavy atom. The fourth-order valence-corrected chi connectivity index (χ4v) is 3.42. The Morgan fingerprint density at radius 2 is 1.95 bits per heavy atom. The number of aromatic nitrogens is 1. The number of halogens is 1. The summed E-state index contributed by atoms with van der Waals surface area (Å²) in [5.74, 6) is 1.09. The molecule has 2 nitrogen and oxygen atoms in total. The number of hydrogen-bond donors (Lipinski definition) is 1. The predicted molar refractivity (Wildman–Crippen MR) is 86.1 cm³/mol. The Balaban J connectivity index is 1.95. The molecule has 1 aromatic carbocycles. The van der Waals surface area contributed by atoms with Gasteiger partial charge in [-0.1, -0.05) is 28.1 Å². The molecule has 3 heteroatoms. The van der Waals surface area contributed by atoms with Crippen molar-refractivity contribution in [1.29, 1.82) is 0 Å². The van der Waals surface area contributed by atoms with Crippen molar-refractivity contribution < 1.29 is 0 Å². The second-order valence-electron chi connectivity index (χ2n) is 5.49. The largest absolute Gasteiger partial charge is 0.316 e. The summed E-state index contributed by atoms with van der Waals surface area (Å²) >= 11 is 3.52. The molecule has 1 saturated heterocycles. The normalized spacial score (nSPS) is 22.7. The van der Waals surface area contributed by atoms with E-state index in [1.165, 1.54) is 23.1 Å². The van der Waals surface area contributed by atoms with Crippen LogP contribution in [0.2, 0.25) is 0 Å². The van der Waals surface area contributed by atoms with E-state index in [0.29, 0.717) is 11.8 Å². The average Bonchev–Trinajstić information content (AvgIpc) is 2.49. The Kier molecular flexibility index (Phi) is 4.18. The van der Waals surface area contributed by atoms with Gasteiger partial charge in [0.2, 0.25) is 0 Å². The number of nitrogens with zero attached hydrogens (tertiary/aromatic N) is 1. The third kappa shape index (κ3) is 2.79. The minimum absolute atomic E-state index is 0.528. The zero-order chi connectivity index (χ0) is 13.9. The molecular weight excluding hydrogens is 312 g/mol. The van der Waals surface area contributed by atoms with E-state index in [9.17, 15) is 0 Å².